The molecule has 0 aliphatic rings. The second kappa shape index (κ2) is 5.18. The number of hydrogen-bond acceptors (Lipinski definition) is 4. The average molecular weight is 275 g/mol. The van der Waals surface area contributed by atoms with Crippen molar-refractivity contribution in [1.29, 1.82) is 0 Å². The van der Waals surface area contributed by atoms with Crippen molar-refractivity contribution in [1.82, 2.24) is 4.98 Å². The van der Waals surface area contributed by atoms with Crippen molar-refractivity contribution in [2.45, 2.75) is 25.9 Å². The standard InChI is InChI=1S/C9H11BrN2O3/c1-6(13)2-3-8-9(12(14)15)4-7(10)5-11-8/h4-6,13H,2-3H2,1H3. The third-order valence-electron chi connectivity index (χ3n) is 1.91. The Labute approximate surface area is 95.4 Å². The normalized spacial score (nSPS) is 12.5. The molecule has 0 fully saturated rings. The zero-order chi connectivity index (χ0) is 11.4. The molecule has 15 heavy (non-hydrogen) atoms. The first kappa shape index (κ1) is 12.1. The molecule has 1 aromatic heterocycles. The Balaban J connectivity index is 2.91. The van der Waals surface area contributed by atoms with Gasteiger partial charge in [0.1, 0.15) is 5.69 Å². The molecule has 6 heteroatoms. The molecule has 0 spiro atoms. The minimum atomic E-state index is -0.477. The summed E-state index contributed by atoms with van der Waals surface area (Å²) in [5, 5.41) is 19.8. The molecule has 0 radical (unpaired) electrons. The fraction of sp³-hybridized carbons (Fsp3) is 0.444. The Kier molecular flexibility index (Phi) is 4.16. The minimum absolute atomic E-state index is 0.00924. The van der Waals surface area contributed by atoms with Gasteiger partial charge in [0.2, 0.25) is 0 Å². The van der Waals surface area contributed by atoms with E-state index in [0.29, 0.717) is 23.0 Å². The van der Waals surface area contributed by atoms with Crippen LogP contribution in [0.25, 0.3) is 0 Å². The Morgan fingerprint density at radius 3 is 2.93 bits per heavy atom. The lowest BCUT2D eigenvalue weighted by molar-refractivity contribution is -0.386. The second-order valence-corrected chi connectivity index (χ2v) is 4.18. The largest absolute Gasteiger partial charge is 0.393 e. The lowest BCUT2D eigenvalue weighted by Crippen LogP contribution is -2.05. The average Bonchev–Trinajstić information content (AvgIpc) is 2.15. The van der Waals surface area contributed by atoms with E-state index in [2.05, 4.69) is 20.9 Å². The van der Waals surface area contributed by atoms with Crippen LogP contribution in [-0.2, 0) is 6.42 Å². The van der Waals surface area contributed by atoms with E-state index in [1.807, 2.05) is 0 Å². The van der Waals surface area contributed by atoms with Gasteiger partial charge in [-0.15, -0.1) is 0 Å². The summed E-state index contributed by atoms with van der Waals surface area (Å²) in [5.41, 5.74) is 0.397. The maximum Gasteiger partial charge on any atom is 0.291 e. The number of aliphatic hydroxyl groups excluding tert-OH is 1. The van der Waals surface area contributed by atoms with Crippen molar-refractivity contribution >= 4 is 21.6 Å². The van der Waals surface area contributed by atoms with Crippen LogP contribution < -0.4 is 0 Å². The van der Waals surface area contributed by atoms with E-state index in [1.54, 1.807) is 6.92 Å². The third kappa shape index (κ3) is 3.56. The van der Waals surface area contributed by atoms with Crippen molar-refractivity contribution in [2.75, 3.05) is 0 Å². The molecule has 1 atom stereocenters. The first-order valence-corrected chi connectivity index (χ1v) is 5.27. The molecule has 82 valence electrons. The van der Waals surface area contributed by atoms with Crippen LogP contribution >= 0.6 is 15.9 Å². The first-order valence-electron chi connectivity index (χ1n) is 4.47. The zero-order valence-corrected chi connectivity index (χ0v) is 9.77. The van der Waals surface area contributed by atoms with Crippen molar-refractivity contribution in [2.24, 2.45) is 0 Å². The highest BCUT2D eigenvalue weighted by molar-refractivity contribution is 9.10. The highest BCUT2D eigenvalue weighted by Crippen LogP contribution is 2.22. The second-order valence-electron chi connectivity index (χ2n) is 3.26. The van der Waals surface area contributed by atoms with Gasteiger partial charge in [-0.25, -0.2) is 0 Å². The number of hydrogen-bond donors (Lipinski definition) is 1. The minimum Gasteiger partial charge on any atom is -0.393 e. The van der Waals surface area contributed by atoms with E-state index in [4.69, 9.17) is 5.11 Å². The summed E-state index contributed by atoms with van der Waals surface area (Å²) in [6.45, 7) is 1.64. The maximum absolute atomic E-state index is 10.7. The highest BCUT2D eigenvalue weighted by Gasteiger charge is 2.15. The summed E-state index contributed by atoms with van der Waals surface area (Å²) >= 11 is 3.13. The van der Waals surface area contributed by atoms with Crippen LogP contribution in [0.3, 0.4) is 0 Å². The molecule has 0 aliphatic carbocycles. The highest BCUT2D eigenvalue weighted by atomic mass is 79.9. The van der Waals surface area contributed by atoms with E-state index < -0.39 is 11.0 Å². The first-order chi connectivity index (χ1) is 7.00. The summed E-state index contributed by atoms with van der Waals surface area (Å²) in [4.78, 5) is 14.2. The lowest BCUT2D eigenvalue weighted by atomic mass is 10.1. The monoisotopic (exact) mass is 274 g/mol. The number of nitro groups is 1. The van der Waals surface area contributed by atoms with Gasteiger partial charge in [0.05, 0.1) is 11.0 Å². The Bertz CT molecular complexity index is 368. The van der Waals surface area contributed by atoms with Crippen LogP contribution in [0.4, 0.5) is 5.69 Å². The number of nitrogens with zero attached hydrogens (tertiary/aromatic N) is 2. The molecule has 5 nitrogen and oxygen atoms in total. The molecule has 0 amide bonds. The van der Waals surface area contributed by atoms with Crippen LogP contribution in [0.5, 0.6) is 0 Å². The summed E-state index contributed by atoms with van der Waals surface area (Å²) in [6, 6.07) is 1.42. The van der Waals surface area contributed by atoms with Gasteiger partial charge in [-0.1, -0.05) is 0 Å². The van der Waals surface area contributed by atoms with Gasteiger partial charge in [0.25, 0.3) is 5.69 Å². The summed E-state index contributed by atoms with van der Waals surface area (Å²) in [5.74, 6) is 0. The molecule has 0 saturated carbocycles. The fourth-order valence-corrected chi connectivity index (χ4v) is 1.47. The molecule has 0 aliphatic heterocycles. The predicted molar refractivity (Wildman–Crippen MR) is 58.6 cm³/mol. The number of halogens is 1. The van der Waals surface area contributed by atoms with Gasteiger partial charge in [0.15, 0.2) is 0 Å². The summed E-state index contributed by atoms with van der Waals surface area (Å²) in [6.07, 6.45) is 1.91. The molecular weight excluding hydrogens is 264 g/mol. The summed E-state index contributed by atoms with van der Waals surface area (Å²) < 4.78 is 0.579. The van der Waals surface area contributed by atoms with Crippen LogP contribution in [0, 0.1) is 10.1 Å². The molecule has 1 heterocycles. The number of pyridine rings is 1. The van der Waals surface area contributed by atoms with Crippen LogP contribution in [0.1, 0.15) is 19.0 Å². The predicted octanol–water partition coefficient (Wildman–Crippen LogP) is 2.07. The number of aliphatic hydroxyl groups is 1. The quantitative estimate of drug-likeness (QED) is 0.674. The molecular formula is C9H11BrN2O3. The van der Waals surface area contributed by atoms with Crippen LogP contribution in [-0.4, -0.2) is 21.1 Å². The molecule has 1 aromatic rings. The number of aryl methyl sites for hydroxylation is 1. The Morgan fingerprint density at radius 1 is 1.73 bits per heavy atom. The Hall–Kier alpha value is -1.01. The molecule has 1 rings (SSSR count). The zero-order valence-electron chi connectivity index (χ0n) is 8.18. The molecule has 1 unspecified atom stereocenters. The van der Waals surface area contributed by atoms with E-state index in [9.17, 15) is 10.1 Å². The van der Waals surface area contributed by atoms with E-state index in [0.717, 1.165) is 0 Å². The van der Waals surface area contributed by atoms with Gasteiger partial charge >= 0.3 is 0 Å². The van der Waals surface area contributed by atoms with Gasteiger partial charge in [-0.2, -0.15) is 0 Å². The van der Waals surface area contributed by atoms with Gasteiger partial charge in [0, 0.05) is 16.7 Å². The lowest BCUT2D eigenvalue weighted by Gasteiger charge is -2.04. The van der Waals surface area contributed by atoms with Crippen LogP contribution in [0.2, 0.25) is 0 Å². The summed E-state index contributed by atoms with van der Waals surface area (Å²) in [7, 11) is 0. The molecule has 1 N–H and O–H groups in total. The van der Waals surface area contributed by atoms with Gasteiger partial charge in [-0.05, 0) is 35.7 Å². The van der Waals surface area contributed by atoms with Gasteiger partial charge in [-0.3, -0.25) is 15.1 Å². The molecule has 0 aromatic carbocycles. The SMILES string of the molecule is CC(O)CCc1ncc(Br)cc1[N+](=O)[O-]. The maximum atomic E-state index is 10.7. The van der Waals surface area contributed by atoms with E-state index in [1.165, 1.54) is 12.3 Å². The third-order valence-corrected chi connectivity index (χ3v) is 2.34. The van der Waals surface area contributed by atoms with Crippen molar-refractivity contribution in [3.63, 3.8) is 0 Å². The molecule has 0 saturated heterocycles. The van der Waals surface area contributed by atoms with E-state index in [-0.39, 0.29) is 5.69 Å². The topological polar surface area (TPSA) is 76.3 Å². The number of rotatable bonds is 4. The number of aromatic nitrogens is 1. The van der Waals surface area contributed by atoms with E-state index >= 15 is 0 Å². The smallest absolute Gasteiger partial charge is 0.291 e. The van der Waals surface area contributed by atoms with Crippen molar-refractivity contribution in [3.8, 4) is 0 Å². The van der Waals surface area contributed by atoms with Crippen molar-refractivity contribution in [3.05, 3.63) is 32.5 Å². The van der Waals surface area contributed by atoms with Gasteiger partial charge < -0.3 is 5.11 Å². The van der Waals surface area contributed by atoms with Crippen molar-refractivity contribution < 1.29 is 10.0 Å². The molecule has 0 bridgehead atoms. The fourth-order valence-electron chi connectivity index (χ4n) is 1.15. The van der Waals surface area contributed by atoms with Crippen LogP contribution in [0.15, 0.2) is 16.7 Å². The Morgan fingerprint density at radius 2 is 2.40 bits per heavy atom.